The predicted octanol–water partition coefficient (Wildman–Crippen LogP) is -2.46. The smallest absolute Gasteiger partial charge is 0.133 e. The minimum absolute atomic E-state index is 0.0718. The Labute approximate surface area is 63.3 Å². The Balaban J connectivity index is 2.49. The van der Waals surface area contributed by atoms with Gasteiger partial charge in [0.1, 0.15) is 18.3 Å². The van der Waals surface area contributed by atoms with Crippen LogP contribution in [0.5, 0.6) is 0 Å². The molecule has 0 saturated carbocycles. The first-order valence-electron chi connectivity index (χ1n) is 3.25. The monoisotopic (exact) mass is 165 g/mol. The molecular weight excluding hydrogens is 154 g/mol. The van der Waals surface area contributed by atoms with E-state index in [9.17, 15) is 0 Å². The Morgan fingerprint density at radius 3 is 2.82 bits per heavy atom. The van der Waals surface area contributed by atoms with Gasteiger partial charge in [0, 0.05) is 0 Å². The Morgan fingerprint density at radius 2 is 2.18 bits per heavy atom. The van der Waals surface area contributed by atoms with Gasteiger partial charge in [0.15, 0.2) is 0 Å². The van der Waals surface area contributed by atoms with E-state index in [0.29, 0.717) is 0 Å². The van der Waals surface area contributed by atoms with E-state index in [-0.39, 0.29) is 13.2 Å². The van der Waals surface area contributed by atoms with Crippen molar-refractivity contribution in [2.45, 2.75) is 18.3 Å². The van der Waals surface area contributed by atoms with Gasteiger partial charge in [-0.1, -0.05) is 5.64 Å². The summed E-state index contributed by atoms with van der Waals surface area (Å²) in [6, 6.07) is 0. The molecule has 6 heteroatoms. The summed E-state index contributed by atoms with van der Waals surface area (Å²) in [5, 5.41) is 26.8. The lowest BCUT2D eigenvalue weighted by atomic mass is 10.1. The second-order valence-electron chi connectivity index (χ2n) is 2.29. The SMILES string of the molecule is OC[C@@H]1ONOC[C@H](O)[C@H]1O. The molecule has 0 spiro atoms. The first-order valence-corrected chi connectivity index (χ1v) is 3.25. The van der Waals surface area contributed by atoms with E-state index in [2.05, 4.69) is 9.68 Å². The van der Waals surface area contributed by atoms with Crippen LogP contribution in [-0.4, -0.2) is 46.8 Å². The Hall–Kier alpha value is -0.240. The van der Waals surface area contributed by atoms with E-state index < -0.39 is 18.3 Å². The van der Waals surface area contributed by atoms with Crippen LogP contribution in [-0.2, 0) is 9.68 Å². The minimum Gasteiger partial charge on any atom is -0.393 e. The molecule has 0 bridgehead atoms. The van der Waals surface area contributed by atoms with E-state index >= 15 is 0 Å². The summed E-state index contributed by atoms with van der Waals surface area (Å²) in [5.41, 5.74) is 2.03. The van der Waals surface area contributed by atoms with E-state index in [1.165, 1.54) is 0 Å². The molecule has 1 heterocycles. The predicted molar refractivity (Wildman–Crippen MR) is 33.1 cm³/mol. The highest BCUT2D eigenvalue weighted by Crippen LogP contribution is 2.06. The molecule has 0 aromatic rings. The lowest BCUT2D eigenvalue weighted by molar-refractivity contribution is -0.198. The van der Waals surface area contributed by atoms with Crippen LogP contribution < -0.4 is 5.64 Å². The van der Waals surface area contributed by atoms with Crippen LogP contribution >= 0.6 is 0 Å². The largest absolute Gasteiger partial charge is 0.393 e. The zero-order valence-electron chi connectivity index (χ0n) is 5.80. The van der Waals surface area contributed by atoms with Crippen LogP contribution in [0.15, 0.2) is 0 Å². The quantitative estimate of drug-likeness (QED) is 0.344. The molecule has 4 N–H and O–H groups in total. The first-order chi connectivity index (χ1) is 5.25. The summed E-state index contributed by atoms with van der Waals surface area (Å²) < 4.78 is 0. The van der Waals surface area contributed by atoms with Gasteiger partial charge < -0.3 is 15.3 Å². The molecule has 0 unspecified atom stereocenters. The molecule has 1 aliphatic heterocycles. The zero-order chi connectivity index (χ0) is 8.27. The third kappa shape index (κ3) is 2.09. The fraction of sp³-hybridized carbons (Fsp3) is 1.00. The summed E-state index contributed by atoms with van der Waals surface area (Å²) in [7, 11) is 0. The number of hydrogen-bond donors (Lipinski definition) is 4. The number of nitrogens with one attached hydrogen (secondary N) is 1. The fourth-order valence-electron chi connectivity index (χ4n) is 0.777. The van der Waals surface area contributed by atoms with Gasteiger partial charge in [0.25, 0.3) is 0 Å². The maximum absolute atomic E-state index is 9.16. The maximum Gasteiger partial charge on any atom is 0.133 e. The third-order valence-corrected chi connectivity index (χ3v) is 1.47. The van der Waals surface area contributed by atoms with Crippen LogP contribution in [0.2, 0.25) is 0 Å². The van der Waals surface area contributed by atoms with Gasteiger partial charge in [-0.25, -0.2) is 0 Å². The molecular formula is C5H11NO5. The lowest BCUT2D eigenvalue weighted by Gasteiger charge is -2.18. The van der Waals surface area contributed by atoms with Gasteiger partial charge in [-0.2, -0.15) is 0 Å². The molecule has 1 rings (SSSR count). The molecule has 0 radical (unpaired) electrons. The highest BCUT2D eigenvalue weighted by atomic mass is 16.9. The summed E-state index contributed by atoms with van der Waals surface area (Å²) >= 11 is 0. The molecule has 11 heavy (non-hydrogen) atoms. The summed E-state index contributed by atoms with van der Waals surface area (Å²) in [6.07, 6.45) is -3.02. The van der Waals surface area contributed by atoms with Gasteiger partial charge in [-0.15, -0.1) is 0 Å². The first kappa shape index (κ1) is 8.85. The molecule has 0 amide bonds. The van der Waals surface area contributed by atoms with Crippen molar-refractivity contribution in [1.29, 1.82) is 0 Å². The number of aliphatic hydroxyl groups is 3. The highest BCUT2D eigenvalue weighted by Gasteiger charge is 2.29. The highest BCUT2D eigenvalue weighted by molar-refractivity contribution is 4.76. The van der Waals surface area contributed by atoms with E-state index in [4.69, 9.17) is 15.3 Å². The molecule has 66 valence electrons. The van der Waals surface area contributed by atoms with Crippen molar-refractivity contribution < 1.29 is 25.0 Å². The van der Waals surface area contributed by atoms with Crippen LogP contribution in [0.25, 0.3) is 0 Å². The average Bonchev–Trinajstić information content (AvgIpc) is 2.16. The van der Waals surface area contributed by atoms with Crippen molar-refractivity contribution in [2.24, 2.45) is 0 Å². The van der Waals surface area contributed by atoms with Gasteiger partial charge in [-0.3, -0.25) is 9.68 Å². The maximum atomic E-state index is 9.16. The average molecular weight is 165 g/mol. The van der Waals surface area contributed by atoms with Gasteiger partial charge in [0.2, 0.25) is 0 Å². The van der Waals surface area contributed by atoms with Gasteiger partial charge >= 0.3 is 0 Å². The third-order valence-electron chi connectivity index (χ3n) is 1.47. The molecule has 0 aliphatic carbocycles. The van der Waals surface area contributed by atoms with Crippen LogP contribution in [0.3, 0.4) is 0 Å². The van der Waals surface area contributed by atoms with E-state index in [1.807, 2.05) is 5.64 Å². The molecule has 3 atom stereocenters. The molecule has 6 nitrogen and oxygen atoms in total. The summed E-state index contributed by atoms with van der Waals surface area (Å²) in [5.74, 6) is 0. The zero-order valence-corrected chi connectivity index (χ0v) is 5.80. The number of hydrogen-bond acceptors (Lipinski definition) is 6. The summed E-state index contributed by atoms with van der Waals surface area (Å²) in [4.78, 5) is 9.12. The molecule has 1 saturated heterocycles. The molecule has 0 aromatic carbocycles. The van der Waals surface area contributed by atoms with Crippen molar-refractivity contribution in [2.75, 3.05) is 13.2 Å². The Morgan fingerprint density at radius 1 is 1.45 bits per heavy atom. The van der Waals surface area contributed by atoms with E-state index in [1.54, 1.807) is 0 Å². The Kier molecular flexibility index (Phi) is 3.18. The standard InChI is InChI=1S/C5H11NO5/c7-1-4-5(9)3(8)2-10-6-11-4/h3-9H,1-2H2/t3-,4-,5+/m0/s1. The summed E-state index contributed by atoms with van der Waals surface area (Å²) in [6.45, 7) is -0.452. The van der Waals surface area contributed by atoms with E-state index in [0.717, 1.165) is 0 Å². The molecule has 1 aliphatic rings. The van der Waals surface area contributed by atoms with Crippen LogP contribution in [0.4, 0.5) is 0 Å². The van der Waals surface area contributed by atoms with Crippen molar-refractivity contribution in [3.63, 3.8) is 0 Å². The minimum atomic E-state index is -1.13. The molecule has 1 fully saturated rings. The molecule has 0 aromatic heterocycles. The van der Waals surface area contributed by atoms with Crippen molar-refractivity contribution in [1.82, 2.24) is 5.64 Å². The lowest BCUT2D eigenvalue weighted by Crippen LogP contribution is -2.41. The topological polar surface area (TPSA) is 91.2 Å². The van der Waals surface area contributed by atoms with Crippen LogP contribution in [0.1, 0.15) is 0 Å². The van der Waals surface area contributed by atoms with Gasteiger partial charge in [-0.05, 0) is 0 Å². The second kappa shape index (κ2) is 3.96. The van der Waals surface area contributed by atoms with Crippen molar-refractivity contribution >= 4 is 0 Å². The van der Waals surface area contributed by atoms with Crippen molar-refractivity contribution in [3.8, 4) is 0 Å². The normalized spacial score (nSPS) is 40.1. The fourth-order valence-corrected chi connectivity index (χ4v) is 0.777. The number of rotatable bonds is 1. The van der Waals surface area contributed by atoms with Crippen molar-refractivity contribution in [3.05, 3.63) is 0 Å². The number of aliphatic hydroxyl groups excluding tert-OH is 3. The Bertz CT molecular complexity index is 121. The van der Waals surface area contributed by atoms with Crippen LogP contribution in [0, 0.1) is 0 Å². The van der Waals surface area contributed by atoms with Gasteiger partial charge in [0.05, 0.1) is 13.2 Å². The second-order valence-corrected chi connectivity index (χ2v) is 2.29.